The molecule has 7 heteroatoms. The van der Waals surface area contributed by atoms with Crippen molar-refractivity contribution < 1.29 is 14.3 Å². The fourth-order valence-electron chi connectivity index (χ4n) is 3.85. The summed E-state index contributed by atoms with van der Waals surface area (Å²) in [5.74, 6) is 2.12. The van der Waals surface area contributed by atoms with Crippen LogP contribution in [-0.2, 0) is 9.53 Å². The third kappa shape index (κ3) is 3.19. The number of methoxy groups -OCH3 is 1. The molecule has 1 aromatic heterocycles. The van der Waals surface area contributed by atoms with E-state index < -0.39 is 0 Å². The van der Waals surface area contributed by atoms with Gasteiger partial charge in [0.05, 0.1) is 7.11 Å². The van der Waals surface area contributed by atoms with Crippen LogP contribution in [0.25, 0.3) is 5.69 Å². The monoisotopic (exact) mass is 356 g/mol. The van der Waals surface area contributed by atoms with Gasteiger partial charge in [0.15, 0.2) is 0 Å². The molecule has 2 aromatic rings. The maximum absolute atomic E-state index is 12.5. The first-order valence-corrected chi connectivity index (χ1v) is 9.21. The molecule has 0 unspecified atom stereocenters. The quantitative estimate of drug-likeness (QED) is 0.840. The topological polar surface area (TPSA) is 69.5 Å². The van der Waals surface area contributed by atoms with Crippen LogP contribution in [0.4, 0.5) is 0 Å². The molecule has 2 aliphatic heterocycles. The molecule has 4 rings (SSSR count). The van der Waals surface area contributed by atoms with E-state index in [1.54, 1.807) is 13.4 Å². The lowest BCUT2D eigenvalue weighted by Crippen LogP contribution is -2.43. The van der Waals surface area contributed by atoms with Crippen LogP contribution in [-0.4, -0.2) is 58.5 Å². The average molecular weight is 356 g/mol. The molecule has 1 amide bonds. The molecule has 2 fully saturated rings. The van der Waals surface area contributed by atoms with Gasteiger partial charge < -0.3 is 14.4 Å². The van der Waals surface area contributed by atoms with Gasteiger partial charge in [-0.3, -0.25) is 4.79 Å². The molecule has 7 nitrogen and oxygen atoms in total. The molecule has 0 radical (unpaired) electrons. The summed E-state index contributed by atoms with van der Waals surface area (Å²) >= 11 is 0. The lowest BCUT2D eigenvalue weighted by atomic mass is 9.95. The molecule has 2 aliphatic rings. The summed E-state index contributed by atoms with van der Waals surface area (Å²) in [6, 6.07) is 7.80. The highest BCUT2D eigenvalue weighted by Crippen LogP contribution is 2.31. The first-order valence-electron chi connectivity index (χ1n) is 9.21. The Labute approximate surface area is 152 Å². The fraction of sp³-hybridized carbons (Fsp3) is 0.526. The molecule has 1 atom stereocenters. The van der Waals surface area contributed by atoms with E-state index in [1.165, 1.54) is 0 Å². The van der Waals surface area contributed by atoms with Gasteiger partial charge in [-0.15, -0.1) is 0 Å². The fourth-order valence-corrected chi connectivity index (χ4v) is 3.85. The summed E-state index contributed by atoms with van der Waals surface area (Å²) in [5, 5.41) is 4.41. The maximum Gasteiger partial charge on any atom is 0.251 e. The number of para-hydroxylation sites is 2. The van der Waals surface area contributed by atoms with E-state index in [1.807, 2.05) is 33.8 Å². The third-order valence-corrected chi connectivity index (χ3v) is 5.26. The summed E-state index contributed by atoms with van der Waals surface area (Å²) in [5.41, 5.74) is 0.889. The second-order valence-corrected chi connectivity index (χ2v) is 6.80. The normalized spacial score (nSPS) is 21.1. The molecule has 0 aliphatic carbocycles. The molecular formula is C19H24N4O3. The molecule has 0 N–H and O–H groups in total. The summed E-state index contributed by atoms with van der Waals surface area (Å²) in [7, 11) is 1.66. The van der Waals surface area contributed by atoms with Gasteiger partial charge in [-0.1, -0.05) is 12.1 Å². The van der Waals surface area contributed by atoms with Crippen LogP contribution in [0.2, 0.25) is 0 Å². The minimum Gasteiger partial charge on any atom is -0.494 e. The Morgan fingerprint density at radius 2 is 2.04 bits per heavy atom. The van der Waals surface area contributed by atoms with Crippen molar-refractivity contribution in [2.24, 2.45) is 0 Å². The van der Waals surface area contributed by atoms with Crippen molar-refractivity contribution >= 4 is 5.91 Å². The molecule has 26 heavy (non-hydrogen) atoms. The molecule has 3 heterocycles. The predicted octanol–water partition coefficient (Wildman–Crippen LogP) is 2.16. The van der Waals surface area contributed by atoms with Gasteiger partial charge in [0, 0.05) is 25.6 Å². The highest BCUT2D eigenvalue weighted by Gasteiger charge is 2.32. The van der Waals surface area contributed by atoms with Crippen LogP contribution in [0.5, 0.6) is 5.75 Å². The zero-order valence-corrected chi connectivity index (χ0v) is 15.0. The van der Waals surface area contributed by atoms with Crippen molar-refractivity contribution in [2.45, 2.75) is 37.7 Å². The average Bonchev–Trinajstić information content (AvgIpc) is 3.39. The van der Waals surface area contributed by atoms with Crippen molar-refractivity contribution in [1.82, 2.24) is 19.7 Å². The van der Waals surface area contributed by atoms with Gasteiger partial charge in [0.2, 0.25) is 0 Å². The van der Waals surface area contributed by atoms with Gasteiger partial charge >= 0.3 is 0 Å². The number of rotatable bonds is 4. The number of nitrogens with zero attached hydrogens (tertiary/aromatic N) is 4. The summed E-state index contributed by atoms with van der Waals surface area (Å²) in [6.07, 6.45) is 4.95. The molecule has 0 spiro atoms. The van der Waals surface area contributed by atoms with Crippen LogP contribution in [0.15, 0.2) is 30.6 Å². The first kappa shape index (κ1) is 17.0. The highest BCUT2D eigenvalue weighted by atomic mass is 16.5. The Morgan fingerprint density at radius 1 is 1.23 bits per heavy atom. The largest absolute Gasteiger partial charge is 0.494 e. The number of benzene rings is 1. The number of ether oxygens (including phenoxy) is 2. The molecular weight excluding hydrogens is 332 g/mol. The number of amides is 1. The Balaban J connectivity index is 1.47. The second kappa shape index (κ2) is 7.45. The number of carbonyl (C=O) groups is 1. The van der Waals surface area contributed by atoms with Crippen LogP contribution >= 0.6 is 0 Å². The van der Waals surface area contributed by atoms with E-state index in [4.69, 9.17) is 9.47 Å². The molecule has 0 saturated carbocycles. The minimum absolute atomic E-state index is 0.146. The number of aromatic nitrogens is 3. The van der Waals surface area contributed by atoms with Crippen LogP contribution in [0.1, 0.15) is 37.4 Å². The van der Waals surface area contributed by atoms with Crippen molar-refractivity contribution in [3.05, 3.63) is 36.4 Å². The van der Waals surface area contributed by atoms with E-state index in [9.17, 15) is 4.79 Å². The van der Waals surface area contributed by atoms with Crippen LogP contribution in [0, 0.1) is 0 Å². The summed E-state index contributed by atoms with van der Waals surface area (Å²) in [6.45, 7) is 2.18. The molecule has 1 aromatic carbocycles. The van der Waals surface area contributed by atoms with E-state index in [0.717, 1.165) is 56.0 Å². The zero-order valence-electron chi connectivity index (χ0n) is 15.0. The van der Waals surface area contributed by atoms with Crippen molar-refractivity contribution in [3.63, 3.8) is 0 Å². The number of hydrogen-bond donors (Lipinski definition) is 0. The molecule has 2 saturated heterocycles. The van der Waals surface area contributed by atoms with Gasteiger partial charge in [-0.2, -0.15) is 5.10 Å². The number of piperidine rings is 1. The van der Waals surface area contributed by atoms with Gasteiger partial charge in [-0.25, -0.2) is 9.67 Å². The van der Waals surface area contributed by atoms with Gasteiger partial charge in [0.1, 0.15) is 29.7 Å². The van der Waals surface area contributed by atoms with E-state index in [-0.39, 0.29) is 17.9 Å². The summed E-state index contributed by atoms with van der Waals surface area (Å²) in [4.78, 5) is 19.0. The van der Waals surface area contributed by atoms with Crippen molar-refractivity contribution in [3.8, 4) is 11.4 Å². The van der Waals surface area contributed by atoms with Gasteiger partial charge in [0.25, 0.3) is 5.91 Å². The number of hydrogen-bond acceptors (Lipinski definition) is 5. The van der Waals surface area contributed by atoms with Gasteiger partial charge in [-0.05, 0) is 37.8 Å². The van der Waals surface area contributed by atoms with E-state index >= 15 is 0 Å². The predicted molar refractivity (Wildman–Crippen MR) is 95.4 cm³/mol. The highest BCUT2D eigenvalue weighted by molar-refractivity contribution is 5.81. The SMILES string of the molecule is COc1ccccc1-n1ncnc1C1CCN(C(=O)[C@@H]2CCCO2)CC1. The zero-order chi connectivity index (χ0) is 17.9. The lowest BCUT2D eigenvalue weighted by molar-refractivity contribution is -0.142. The third-order valence-electron chi connectivity index (χ3n) is 5.26. The Bertz CT molecular complexity index is 762. The summed E-state index contributed by atoms with van der Waals surface area (Å²) < 4.78 is 12.9. The standard InChI is InChI=1S/C19H24N4O3/c1-25-16-6-3-2-5-15(16)23-18(20-13-21-23)14-8-10-22(11-9-14)19(24)17-7-4-12-26-17/h2-3,5-6,13-14,17H,4,7-12H2,1H3/t17-/m0/s1. The number of carbonyl (C=O) groups excluding carboxylic acids is 1. The van der Waals surface area contributed by atoms with Crippen LogP contribution in [0.3, 0.4) is 0 Å². The van der Waals surface area contributed by atoms with Crippen molar-refractivity contribution in [1.29, 1.82) is 0 Å². The second-order valence-electron chi connectivity index (χ2n) is 6.80. The van der Waals surface area contributed by atoms with Crippen molar-refractivity contribution in [2.75, 3.05) is 26.8 Å². The Morgan fingerprint density at radius 3 is 2.77 bits per heavy atom. The Hall–Kier alpha value is -2.41. The van der Waals surface area contributed by atoms with Crippen LogP contribution < -0.4 is 4.74 Å². The smallest absolute Gasteiger partial charge is 0.251 e. The lowest BCUT2D eigenvalue weighted by Gasteiger charge is -2.33. The van der Waals surface area contributed by atoms with E-state index in [0.29, 0.717) is 6.61 Å². The maximum atomic E-state index is 12.5. The first-order chi connectivity index (χ1) is 12.8. The molecule has 138 valence electrons. The van der Waals surface area contributed by atoms with E-state index in [2.05, 4.69) is 10.1 Å². The minimum atomic E-state index is -0.233. The number of likely N-dealkylation sites (tertiary alicyclic amines) is 1. The molecule has 0 bridgehead atoms. The Kier molecular flexibility index (Phi) is 4.88.